The lowest BCUT2D eigenvalue weighted by Crippen LogP contribution is -1.96. The molecule has 26 rings (SSSR count). The molecule has 120 heavy (non-hydrogen) atoms. The largest absolute Gasteiger partial charge is 0.316 e. The van der Waals surface area contributed by atoms with Crippen molar-refractivity contribution in [1.82, 2.24) is 27.4 Å². The number of hydrogen-bond acceptors (Lipinski definition) is 0. The van der Waals surface area contributed by atoms with Crippen molar-refractivity contribution < 1.29 is 0 Å². The summed E-state index contributed by atoms with van der Waals surface area (Å²) in [6.07, 6.45) is 6.65. The van der Waals surface area contributed by atoms with E-state index in [1.54, 1.807) is 0 Å². The number of fused-ring (bicyclic) bond motifs is 24. The molecule has 6 aromatic heterocycles. The second-order valence-electron chi connectivity index (χ2n) is 31.4. The van der Waals surface area contributed by atoms with Gasteiger partial charge in [0.05, 0.1) is 55.3 Å². The third-order valence-corrected chi connectivity index (χ3v) is 25.0. The Kier molecular flexibility index (Phi) is 15.9. The quantitative estimate of drug-likeness (QED) is 0.136. The highest BCUT2D eigenvalue weighted by molar-refractivity contribution is 6.23. The van der Waals surface area contributed by atoms with Gasteiger partial charge in [-0.15, -0.1) is 0 Å². The van der Waals surface area contributed by atoms with Crippen molar-refractivity contribution in [3.8, 4) is 56.4 Å². The molecule has 0 bridgehead atoms. The molecule has 0 amide bonds. The van der Waals surface area contributed by atoms with Gasteiger partial charge in [0.1, 0.15) is 0 Å². The summed E-state index contributed by atoms with van der Waals surface area (Å²) < 4.78 is 14.2. The van der Waals surface area contributed by atoms with Crippen LogP contribution in [0, 0.1) is 0 Å². The molecular weight excluding hydrogens is 1450 g/mol. The summed E-state index contributed by atoms with van der Waals surface area (Å²) in [5, 5.41) is 26.8. The lowest BCUT2D eigenvalue weighted by atomic mass is 9.93. The molecule has 6 heteroatoms. The number of benzene rings is 20. The van der Waals surface area contributed by atoms with Gasteiger partial charge in [0.15, 0.2) is 0 Å². The molecule has 6 nitrogen and oxygen atoms in total. The molecule has 0 saturated carbocycles. The Labute approximate surface area is 691 Å². The van der Waals surface area contributed by atoms with Crippen LogP contribution >= 0.6 is 0 Å². The highest BCUT2D eigenvalue weighted by Crippen LogP contribution is 2.45. The van der Waals surface area contributed by atoms with Crippen LogP contribution in [-0.4, -0.2) is 27.4 Å². The van der Waals surface area contributed by atoms with Gasteiger partial charge in [-0.2, -0.15) is 0 Å². The van der Waals surface area contributed by atoms with E-state index in [-0.39, 0.29) is 0 Å². The molecule has 0 atom stereocenters. The Morgan fingerprint density at radius 1 is 0.142 bits per heavy atom. The highest BCUT2D eigenvalue weighted by atomic mass is 15.0. The van der Waals surface area contributed by atoms with Crippen LogP contribution in [0.3, 0.4) is 0 Å². The Morgan fingerprint density at radius 2 is 0.458 bits per heavy atom. The van der Waals surface area contributed by atoms with Crippen LogP contribution in [0.15, 0.2) is 449 Å². The van der Waals surface area contributed by atoms with Crippen molar-refractivity contribution in [2.75, 3.05) is 0 Å². The van der Waals surface area contributed by atoms with E-state index in [1.165, 1.54) is 208 Å². The zero-order chi connectivity index (χ0) is 78.9. The molecule has 0 radical (unpaired) electrons. The van der Waals surface area contributed by atoms with Crippen LogP contribution in [0.2, 0.25) is 0 Å². The van der Waals surface area contributed by atoms with Crippen molar-refractivity contribution in [2.45, 2.75) is 0 Å². The Bertz CT molecular complexity index is 8590. The van der Waals surface area contributed by atoms with Gasteiger partial charge >= 0.3 is 0 Å². The first-order chi connectivity index (χ1) is 59.6. The normalized spacial score (nSPS) is 11.8. The number of para-hydroxylation sites is 6. The van der Waals surface area contributed by atoms with E-state index in [4.69, 9.17) is 0 Å². The van der Waals surface area contributed by atoms with E-state index in [1.807, 2.05) is 0 Å². The van der Waals surface area contributed by atoms with Crippen LogP contribution in [-0.2, 0) is 0 Å². The molecule has 0 aliphatic rings. The summed E-state index contributed by atoms with van der Waals surface area (Å²) in [5.41, 5.74) is 23.1. The summed E-state index contributed by atoms with van der Waals surface area (Å²) in [5.74, 6) is 0. The van der Waals surface area contributed by atoms with Crippen molar-refractivity contribution in [2.24, 2.45) is 0 Å². The maximum Gasteiger partial charge on any atom is 0.0635 e. The first-order valence-corrected chi connectivity index (χ1v) is 41.3. The summed E-state index contributed by atoms with van der Waals surface area (Å²) in [4.78, 5) is 0. The van der Waals surface area contributed by atoms with Crippen molar-refractivity contribution >= 4 is 163 Å². The van der Waals surface area contributed by atoms with Gasteiger partial charge in [-0.3, -0.25) is 0 Å². The van der Waals surface area contributed by atoms with Gasteiger partial charge in [-0.1, -0.05) is 297 Å². The van der Waals surface area contributed by atoms with E-state index in [9.17, 15) is 0 Å². The first-order valence-electron chi connectivity index (χ1n) is 41.3. The average molecular weight is 1530 g/mol. The lowest BCUT2D eigenvalue weighted by Gasteiger charge is -2.13. The van der Waals surface area contributed by atoms with Gasteiger partial charge in [0, 0.05) is 101 Å². The summed E-state index contributed by atoms with van der Waals surface area (Å²) >= 11 is 0. The van der Waals surface area contributed by atoms with Gasteiger partial charge in [-0.05, 0) is 215 Å². The minimum Gasteiger partial charge on any atom is -0.316 e. The zero-order valence-corrected chi connectivity index (χ0v) is 65.4. The molecular formula is C114H74N6. The number of rotatable bonds is 8. The third-order valence-electron chi connectivity index (χ3n) is 25.0. The van der Waals surface area contributed by atoms with E-state index < -0.39 is 0 Å². The SMILES string of the molecule is c1ccc(-n2c3ccccc3c3ccc4c(ccn4-c4cc5ccccc5c5ccccc45)c32)cc1.c1ccc(-n2c3ccccc3c3ccc4c(ccn4-c4ccc(-c5cc6ccccc6c6ccccc56)cc4)c32)cc1.c1ccc(-n2c3ccccc3c3ccc4c(ccn4-c4cccc(-c5cc6ccccc6c6ccccc56)c4)c32)cc1. The van der Waals surface area contributed by atoms with Crippen LogP contribution in [0.1, 0.15) is 0 Å². The highest BCUT2D eigenvalue weighted by Gasteiger charge is 2.23. The standard InChI is InChI=1S/2C40H26N2.C34H22N2/c1-2-13-29(14-3-1)42-39-20-9-8-19-34(39)35-21-22-38-36(40(35)42)23-24-41(38)30-15-10-12-27(25-30)37-26-28-11-4-5-16-31(28)32-17-6-7-18-33(32)37;1-2-11-30(12-3-1)42-39-17-9-8-16-34(39)35-22-23-38-36(40(35)42)24-25-41(38)29-20-18-27(19-21-29)37-26-28-10-4-5-13-31(28)32-14-6-7-15-33(32)37;1-2-11-24(12-3-1)36-32-17-9-8-16-28(32)29-18-19-31-30(34(29)36)20-21-35(31)33-22-23-10-4-5-13-25(23)26-14-6-7-15-27(26)33/h2*1-26H;1-22H. The lowest BCUT2D eigenvalue weighted by molar-refractivity contribution is 1.13. The van der Waals surface area contributed by atoms with Crippen LogP contribution in [0.25, 0.3) is 219 Å². The maximum absolute atomic E-state index is 2.41. The van der Waals surface area contributed by atoms with E-state index >= 15 is 0 Å². The van der Waals surface area contributed by atoms with Crippen LogP contribution in [0.4, 0.5) is 0 Å². The molecule has 0 aliphatic carbocycles. The number of aromatic nitrogens is 6. The van der Waals surface area contributed by atoms with Crippen LogP contribution < -0.4 is 0 Å². The molecule has 0 spiro atoms. The van der Waals surface area contributed by atoms with Gasteiger partial charge in [0.25, 0.3) is 0 Å². The monoisotopic (exact) mass is 1530 g/mol. The van der Waals surface area contributed by atoms with Gasteiger partial charge < -0.3 is 27.4 Å². The Balaban J connectivity index is 0.000000103. The second kappa shape index (κ2) is 27.9. The fraction of sp³-hybridized carbons (Fsp3) is 0. The van der Waals surface area contributed by atoms with Crippen molar-refractivity contribution in [1.29, 1.82) is 0 Å². The molecule has 0 fully saturated rings. The average Bonchev–Trinajstić information content (AvgIpc) is 1.58. The van der Waals surface area contributed by atoms with Crippen LogP contribution in [0.5, 0.6) is 0 Å². The maximum atomic E-state index is 2.41. The van der Waals surface area contributed by atoms with Crippen molar-refractivity contribution in [3.05, 3.63) is 449 Å². The van der Waals surface area contributed by atoms with E-state index in [0.717, 1.165) is 11.4 Å². The van der Waals surface area contributed by atoms with E-state index in [0.29, 0.717) is 0 Å². The molecule has 0 N–H and O–H groups in total. The molecule has 20 aromatic carbocycles. The summed E-state index contributed by atoms with van der Waals surface area (Å²) in [6, 6.07) is 156. The topological polar surface area (TPSA) is 29.6 Å². The molecule has 0 unspecified atom stereocenters. The number of nitrogens with zero attached hydrogens (tertiary/aromatic N) is 6. The Hall–Kier alpha value is -16.0. The van der Waals surface area contributed by atoms with E-state index in [2.05, 4.69) is 477 Å². The third kappa shape index (κ3) is 10.9. The summed E-state index contributed by atoms with van der Waals surface area (Å²) in [7, 11) is 0. The fourth-order valence-corrected chi connectivity index (χ4v) is 19.7. The second-order valence-corrected chi connectivity index (χ2v) is 31.4. The number of hydrogen-bond donors (Lipinski definition) is 0. The molecule has 26 aromatic rings. The molecule has 0 saturated heterocycles. The molecule has 560 valence electrons. The van der Waals surface area contributed by atoms with Gasteiger partial charge in [0.2, 0.25) is 0 Å². The zero-order valence-electron chi connectivity index (χ0n) is 65.4. The Morgan fingerprint density at radius 3 is 0.892 bits per heavy atom. The predicted octanol–water partition coefficient (Wildman–Crippen LogP) is 30.4. The minimum absolute atomic E-state index is 1.15. The summed E-state index contributed by atoms with van der Waals surface area (Å²) in [6.45, 7) is 0. The van der Waals surface area contributed by atoms with Crippen molar-refractivity contribution in [3.63, 3.8) is 0 Å². The molecule has 0 aliphatic heterocycles. The first kappa shape index (κ1) is 68.4. The van der Waals surface area contributed by atoms with Gasteiger partial charge in [-0.25, -0.2) is 0 Å². The minimum atomic E-state index is 1.15. The predicted molar refractivity (Wildman–Crippen MR) is 509 cm³/mol. The smallest absolute Gasteiger partial charge is 0.0635 e. The molecule has 6 heterocycles. The fourth-order valence-electron chi connectivity index (χ4n) is 19.7.